The van der Waals surface area contributed by atoms with Gasteiger partial charge >= 0.3 is 6.18 Å². The summed E-state index contributed by atoms with van der Waals surface area (Å²) in [7, 11) is 1.58. The molecule has 11 heteroatoms. The highest BCUT2D eigenvalue weighted by Crippen LogP contribution is 2.39. The van der Waals surface area contributed by atoms with E-state index in [1.807, 2.05) is 30.0 Å². The van der Waals surface area contributed by atoms with Gasteiger partial charge < -0.3 is 4.90 Å². The summed E-state index contributed by atoms with van der Waals surface area (Å²) < 4.78 is 70.8. The maximum Gasteiger partial charge on any atom is 0.419 e. The standard InChI is InChI=1S/C25H22F5N5S/c1-14-20(26)17(11-19(21(14)27)25(28,29)30)22-18-12-31-24(32-23(18)34(2)33-22)35-8-9-36-13-16(35)10-15-6-4-3-5-7-15/h3-7,11-12,16H,8-10,13H2,1-2H3. The molecule has 1 aliphatic rings. The third-order valence-electron chi connectivity index (χ3n) is 6.35. The molecule has 5 rings (SSSR count). The van der Waals surface area contributed by atoms with Crippen molar-refractivity contribution in [3.05, 3.63) is 70.9 Å². The lowest BCUT2D eigenvalue weighted by Gasteiger charge is -2.35. The van der Waals surface area contributed by atoms with E-state index in [-0.39, 0.29) is 17.1 Å². The van der Waals surface area contributed by atoms with Crippen molar-refractivity contribution in [2.75, 3.05) is 23.0 Å². The number of fused-ring (bicyclic) bond motifs is 1. The number of aryl methyl sites for hydroxylation is 1. The molecule has 1 aliphatic heterocycles. The maximum absolute atomic E-state index is 15.0. The summed E-state index contributed by atoms with van der Waals surface area (Å²) in [5.41, 5.74) is -1.23. The first-order valence-electron chi connectivity index (χ1n) is 11.3. The van der Waals surface area contributed by atoms with Crippen LogP contribution in [0.25, 0.3) is 22.3 Å². The molecule has 1 saturated heterocycles. The Kier molecular flexibility index (Phi) is 6.36. The molecular formula is C25H22F5N5S. The fraction of sp³-hybridized carbons (Fsp3) is 0.320. The van der Waals surface area contributed by atoms with Gasteiger partial charge in [0.2, 0.25) is 5.95 Å². The molecule has 188 valence electrons. The zero-order valence-corrected chi connectivity index (χ0v) is 20.3. The van der Waals surface area contributed by atoms with E-state index >= 15 is 0 Å². The molecule has 0 amide bonds. The van der Waals surface area contributed by atoms with Crippen molar-refractivity contribution in [1.82, 2.24) is 19.7 Å². The quantitative estimate of drug-likeness (QED) is 0.319. The van der Waals surface area contributed by atoms with Crippen LogP contribution in [0.5, 0.6) is 0 Å². The van der Waals surface area contributed by atoms with E-state index in [2.05, 4.69) is 32.1 Å². The van der Waals surface area contributed by atoms with E-state index in [1.165, 1.54) is 16.4 Å². The van der Waals surface area contributed by atoms with E-state index in [9.17, 15) is 22.0 Å². The van der Waals surface area contributed by atoms with Crippen molar-refractivity contribution in [3.63, 3.8) is 0 Å². The van der Waals surface area contributed by atoms with E-state index in [4.69, 9.17) is 0 Å². The van der Waals surface area contributed by atoms with Crippen LogP contribution in [0.3, 0.4) is 0 Å². The van der Waals surface area contributed by atoms with Gasteiger partial charge in [0.05, 0.1) is 10.9 Å². The van der Waals surface area contributed by atoms with Crippen molar-refractivity contribution in [3.8, 4) is 11.3 Å². The number of halogens is 5. The van der Waals surface area contributed by atoms with Crippen LogP contribution in [0, 0.1) is 18.6 Å². The summed E-state index contributed by atoms with van der Waals surface area (Å²) in [4.78, 5) is 11.3. The van der Waals surface area contributed by atoms with Crippen LogP contribution >= 0.6 is 11.8 Å². The minimum atomic E-state index is -4.98. The fourth-order valence-electron chi connectivity index (χ4n) is 4.49. The van der Waals surface area contributed by atoms with E-state index in [1.54, 1.807) is 7.05 Å². The first-order valence-corrected chi connectivity index (χ1v) is 12.4. The van der Waals surface area contributed by atoms with Crippen molar-refractivity contribution in [2.24, 2.45) is 7.05 Å². The van der Waals surface area contributed by atoms with Crippen LogP contribution in [-0.4, -0.2) is 43.8 Å². The molecule has 1 atom stereocenters. The molecular weight excluding hydrogens is 497 g/mol. The Hall–Kier alpha value is -3.21. The highest BCUT2D eigenvalue weighted by molar-refractivity contribution is 7.99. The molecule has 0 radical (unpaired) electrons. The summed E-state index contributed by atoms with van der Waals surface area (Å²) in [5, 5.41) is 4.53. The van der Waals surface area contributed by atoms with Crippen molar-refractivity contribution >= 4 is 28.7 Å². The molecule has 0 aliphatic carbocycles. The minimum absolute atomic E-state index is 0.0693. The van der Waals surface area contributed by atoms with Gasteiger partial charge in [0, 0.05) is 48.5 Å². The van der Waals surface area contributed by atoms with E-state index < -0.39 is 34.5 Å². The van der Waals surface area contributed by atoms with Gasteiger partial charge in [-0.05, 0) is 25.0 Å². The van der Waals surface area contributed by atoms with Crippen molar-refractivity contribution in [2.45, 2.75) is 25.6 Å². The average molecular weight is 520 g/mol. The molecule has 1 fully saturated rings. The number of benzene rings is 2. The van der Waals surface area contributed by atoms with Gasteiger partial charge in [-0.1, -0.05) is 30.3 Å². The Morgan fingerprint density at radius 3 is 2.58 bits per heavy atom. The molecule has 0 bridgehead atoms. The molecule has 36 heavy (non-hydrogen) atoms. The molecule has 0 saturated carbocycles. The molecule has 2 aromatic carbocycles. The Morgan fingerprint density at radius 1 is 1.11 bits per heavy atom. The number of thioether (sulfide) groups is 1. The third-order valence-corrected chi connectivity index (χ3v) is 7.44. The van der Waals surface area contributed by atoms with Crippen LogP contribution in [0.15, 0.2) is 42.6 Å². The Morgan fingerprint density at radius 2 is 1.86 bits per heavy atom. The predicted molar refractivity (Wildman–Crippen MR) is 130 cm³/mol. The number of hydrogen-bond acceptors (Lipinski definition) is 5. The SMILES string of the molecule is Cc1c(F)c(-c2nn(C)c3nc(N4CCSCC4Cc4ccccc4)ncc23)cc(C(F)(F)F)c1F. The zero-order chi connectivity index (χ0) is 25.6. The topological polar surface area (TPSA) is 46.8 Å². The van der Waals surface area contributed by atoms with E-state index in [0.29, 0.717) is 17.7 Å². The van der Waals surface area contributed by atoms with Crippen LogP contribution in [0.2, 0.25) is 0 Å². The minimum Gasteiger partial charge on any atom is -0.336 e. The highest BCUT2D eigenvalue weighted by atomic mass is 32.2. The fourth-order valence-corrected chi connectivity index (χ4v) is 5.55. The van der Waals surface area contributed by atoms with Gasteiger partial charge in [0.25, 0.3) is 0 Å². The summed E-state index contributed by atoms with van der Waals surface area (Å²) in [6.07, 6.45) is -2.72. The van der Waals surface area contributed by atoms with Crippen LogP contribution in [0.1, 0.15) is 16.7 Å². The second-order valence-electron chi connectivity index (χ2n) is 8.71. The average Bonchev–Trinajstić information content (AvgIpc) is 3.18. The lowest BCUT2D eigenvalue weighted by Crippen LogP contribution is -2.44. The second kappa shape index (κ2) is 9.34. The summed E-state index contributed by atoms with van der Waals surface area (Å²) >= 11 is 1.86. The Labute approximate surface area is 208 Å². The maximum atomic E-state index is 15.0. The smallest absolute Gasteiger partial charge is 0.336 e. The number of aromatic nitrogens is 4. The number of anilines is 1. The zero-order valence-electron chi connectivity index (χ0n) is 19.5. The van der Waals surface area contributed by atoms with Crippen molar-refractivity contribution in [1.29, 1.82) is 0 Å². The molecule has 0 spiro atoms. The van der Waals surface area contributed by atoms with Gasteiger partial charge in [-0.3, -0.25) is 0 Å². The molecule has 2 aromatic heterocycles. The number of alkyl halides is 3. The monoisotopic (exact) mass is 519 g/mol. The number of rotatable bonds is 4. The van der Waals surface area contributed by atoms with Crippen LogP contribution in [-0.2, 0) is 19.6 Å². The van der Waals surface area contributed by atoms with Crippen LogP contribution < -0.4 is 4.90 Å². The molecule has 0 N–H and O–H groups in total. The number of nitrogens with zero attached hydrogens (tertiary/aromatic N) is 5. The molecule has 1 unspecified atom stereocenters. The summed E-state index contributed by atoms with van der Waals surface area (Å²) in [6.45, 7) is 1.71. The summed E-state index contributed by atoms with van der Waals surface area (Å²) in [5.74, 6) is -0.447. The first kappa shape index (κ1) is 24.5. The lowest BCUT2D eigenvalue weighted by molar-refractivity contribution is -0.140. The largest absolute Gasteiger partial charge is 0.419 e. The Balaban J connectivity index is 1.56. The third kappa shape index (κ3) is 4.40. The lowest BCUT2D eigenvalue weighted by atomic mass is 10.0. The predicted octanol–water partition coefficient (Wildman–Crippen LogP) is 5.80. The van der Waals surface area contributed by atoms with Crippen molar-refractivity contribution < 1.29 is 22.0 Å². The van der Waals surface area contributed by atoms with Gasteiger partial charge in [0.1, 0.15) is 17.3 Å². The van der Waals surface area contributed by atoms with E-state index in [0.717, 1.165) is 31.4 Å². The normalized spacial score (nSPS) is 16.6. The first-order chi connectivity index (χ1) is 17.1. The Bertz CT molecular complexity index is 1420. The summed E-state index contributed by atoms with van der Waals surface area (Å²) in [6, 6.07) is 10.7. The van der Waals surface area contributed by atoms with Gasteiger partial charge in [-0.25, -0.2) is 18.4 Å². The molecule has 4 aromatic rings. The molecule has 5 nitrogen and oxygen atoms in total. The van der Waals surface area contributed by atoms with Gasteiger partial charge in [-0.2, -0.15) is 35.0 Å². The highest BCUT2D eigenvalue weighted by Gasteiger charge is 2.37. The number of hydrogen-bond donors (Lipinski definition) is 0. The second-order valence-corrected chi connectivity index (χ2v) is 9.86. The van der Waals surface area contributed by atoms with Gasteiger partial charge in [0.15, 0.2) is 5.65 Å². The van der Waals surface area contributed by atoms with Crippen LogP contribution in [0.4, 0.5) is 27.9 Å². The van der Waals surface area contributed by atoms with Gasteiger partial charge in [-0.15, -0.1) is 0 Å². The molecule has 3 heterocycles.